The Kier molecular flexibility index (Phi) is 4.94. The molecule has 2 aliphatic rings. The highest BCUT2D eigenvalue weighted by Crippen LogP contribution is 2.29. The third kappa shape index (κ3) is 3.60. The number of carbonyl (C=O) groups excluding carboxylic acids is 2. The van der Waals surface area contributed by atoms with E-state index in [9.17, 15) is 9.59 Å². The number of benzene rings is 1. The van der Waals surface area contributed by atoms with E-state index in [4.69, 9.17) is 4.74 Å². The van der Waals surface area contributed by atoms with E-state index in [0.29, 0.717) is 19.5 Å². The lowest BCUT2D eigenvalue weighted by Gasteiger charge is -2.43. The van der Waals surface area contributed by atoms with Gasteiger partial charge in [0.1, 0.15) is 12.6 Å². The number of hydrogen-bond acceptors (Lipinski definition) is 4. The SMILES string of the molecule is CO[C@H]1C[C@H]2CN(C(=O)Cn3ccnc3)[C@@H](Cc3ccccc3)C(=O)N2C1. The molecule has 0 saturated carbocycles. The van der Waals surface area contributed by atoms with E-state index in [1.807, 2.05) is 35.2 Å². The molecule has 7 heteroatoms. The molecular weight excluding hydrogens is 344 g/mol. The van der Waals surface area contributed by atoms with Crippen LogP contribution in [-0.4, -0.2) is 69.6 Å². The number of ether oxygens (including phenoxy) is 1. The van der Waals surface area contributed by atoms with Gasteiger partial charge in [-0.1, -0.05) is 30.3 Å². The van der Waals surface area contributed by atoms with Gasteiger partial charge in [-0.3, -0.25) is 9.59 Å². The number of carbonyl (C=O) groups is 2. The van der Waals surface area contributed by atoms with Crippen LogP contribution in [0.2, 0.25) is 0 Å². The first-order valence-corrected chi connectivity index (χ1v) is 9.28. The largest absolute Gasteiger partial charge is 0.380 e. The predicted octanol–water partition coefficient (Wildman–Crippen LogP) is 0.952. The molecule has 2 fully saturated rings. The molecule has 142 valence electrons. The summed E-state index contributed by atoms with van der Waals surface area (Å²) < 4.78 is 7.22. The molecule has 2 amide bonds. The summed E-state index contributed by atoms with van der Waals surface area (Å²) in [4.78, 5) is 33.9. The maximum absolute atomic E-state index is 13.2. The van der Waals surface area contributed by atoms with Crippen LogP contribution in [0, 0.1) is 0 Å². The van der Waals surface area contributed by atoms with Crippen LogP contribution >= 0.6 is 0 Å². The molecule has 3 heterocycles. The lowest BCUT2D eigenvalue weighted by Crippen LogP contribution is -2.62. The highest BCUT2D eigenvalue weighted by molar-refractivity contribution is 5.89. The first-order valence-electron chi connectivity index (χ1n) is 9.28. The summed E-state index contributed by atoms with van der Waals surface area (Å²) in [6, 6.07) is 9.42. The van der Waals surface area contributed by atoms with Crippen molar-refractivity contribution in [2.24, 2.45) is 0 Å². The van der Waals surface area contributed by atoms with E-state index < -0.39 is 6.04 Å². The highest BCUT2D eigenvalue weighted by Gasteiger charge is 2.46. The monoisotopic (exact) mass is 368 g/mol. The van der Waals surface area contributed by atoms with Crippen molar-refractivity contribution in [2.45, 2.75) is 37.6 Å². The third-order valence-electron chi connectivity index (χ3n) is 5.53. The summed E-state index contributed by atoms with van der Waals surface area (Å²) in [5.74, 6) is -0.0311. The zero-order valence-corrected chi connectivity index (χ0v) is 15.4. The maximum Gasteiger partial charge on any atom is 0.246 e. The van der Waals surface area contributed by atoms with E-state index >= 15 is 0 Å². The Morgan fingerprint density at radius 1 is 1.26 bits per heavy atom. The van der Waals surface area contributed by atoms with Gasteiger partial charge >= 0.3 is 0 Å². The minimum absolute atomic E-state index is 0.0219. The summed E-state index contributed by atoms with van der Waals surface area (Å²) in [5, 5.41) is 0. The molecule has 1 aromatic carbocycles. The van der Waals surface area contributed by atoms with Gasteiger partial charge in [0.25, 0.3) is 0 Å². The molecule has 0 unspecified atom stereocenters. The number of imidazole rings is 1. The number of methoxy groups -OCH3 is 1. The van der Waals surface area contributed by atoms with Crippen molar-refractivity contribution < 1.29 is 14.3 Å². The molecular formula is C20H24N4O3. The van der Waals surface area contributed by atoms with Crippen molar-refractivity contribution in [3.05, 3.63) is 54.6 Å². The summed E-state index contributed by atoms with van der Waals surface area (Å²) in [6.45, 7) is 1.35. The number of piperazine rings is 1. The molecule has 7 nitrogen and oxygen atoms in total. The Bertz CT molecular complexity index is 793. The number of fused-ring (bicyclic) bond motifs is 1. The van der Waals surface area contributed by atoms with Gasteiger partial charge < -0.3 is 19.1 Å². The molecule has 4 rings (SSSR count). The van der Waals surface area contributed by atoms with Crippen molar-refractivity contribution in [3.8, 4) is 0 Å². The lowest BCUT2D eigenvalue weighted by molar-refractivity contribution is -0.153. The molecule has 0 aliphatic carbocycles. The summed E-state index contributed by atoms with van der Waals surface area (Å²) in [7, 11) is 1.68. The smallest absolute Gasteiger partial charge is 0.246 e. The van der Waals surface area contributed by atoms with Crippen molar-refractivity contribution in [1.82, 2.24) is 19.4 Å². The van der Waals surface area contributed by atoms with Crippen molar-refractivity contribution in [2.75, 3.05) is 20.2 Å². The quantitative estimate of drug-likeness (QED) is 0.788. The van der Waals surface area contributed by atoms with Crippen LogP contribution in [0.5, 0.6) is 0 Å². The van der Waals surface area contributed by atoms with Gasteiger partial charge in [0.05, 0.1) is 18.5 Å². The van der Waals surface area contributed by atoms with Gasteiger partial charge in [0.2, 0.25) is 11.8 Å². The summed E-state index contributed by atoms with van der Waals surface area (Å²) >= 11 is 0. The maximum atomic E-state index is 13.2. The number of nitrogens with zero attached hydrogens (tertiary/aromatic N) is 4. The van der Waals surface area contributed by atoms with Gasteiger partial charge in [0, 0.05) is 39.0 Å². The number of aromatic nitrogens is 2. The number of rotatable bonds is 5. The average Bonchev–Trinajstić information content (AvgIpc) is 3.34. The summed E-state index contributed by atoms with van der Waals surface area (Å²) in [6.07, 6.45) is 6.38. The van der Waals surface area contributed by atoms with Crippen LogP contribution in [0.25, 0.3) is 0 Å². The molecule has 1 aromatic heterocycles. The van der Waals surface area contributed by atoms with Crippen LogP contribution in [0.4, 0.5) is 0 Å². The summed E-state index contributed by atoms with van der Waals surface area (Å²) in [5.41, 5.74) is 1.05. The van der Waals surface area contributed by atoms with Crippen molar-refractivity contribution >= 4 is 11.8 Å². The molecule has 2 aromatic rings. The van der Waals surface area contributed by atoms with E-state index in [1.54, 1.807) is 35.3 Å². The Labute approximate surface area is 158 Å². The van der Waals surface area contributed by atoms with Crippen LogP contribution < -0.4 is 0 Å². The second kappa shape index (κ2) is 7.52. The minimum atomic E-state index is -0.477. The number of amides is 2. The molecule has 0 spiro atoms. The van der Waals surface area contributed by atoms with Gasteiger partial charge in [-0.25, -0.2) is 4.98 Å². The molecule has 27 heavy (non-hydrogen) atoms. The Morgan fingerprint density at radius 3 is 2.78 bits per heavy atom. The van der Waals surface area contributed by atoms with Crippen LogP contribution in [0.15, 0.2) is 49.1 Å². The van der Waals surface area contributed by atoms with Crippen LogP contribution in [0.3, 0.4) is 0 Å². The molecule has 0 bridgehead atoms. The van der Waals surface area contributed by atoms with Gasteiger partial charge in [-0.15, -0.1) is 0 Å². The molecule has 2 aliphatic heterocycles. The second-order valence-electron chi connectivity index (χ2n) is 7.22. The fraction of sp³-hybridized carbons (Fsp3) is 0.450. The standard InChI is InChI=1S/C20H24N4O3/c1-27-17-10-16-11-24(19(25)13-22-8-7-21-14-22)18(20(26)23(16)12-17)9-15-5-3-2-4-6-15/h2-8,14,16-18H,9-13H2,1H3/t16-,17-,18-/m0/s1. The first-order chi connectivity index (χ1) is 13.2. The van der Waals surface area contributed by atoms with E-state index in [-0.39, 0.29) is 30.5 Å². The highest BCUT2D eigenvalue weighted by atomic mass is 16.5. The van der Waals surface area contributed by atoms with Crippen LogP contribution in [0.1, 0.15) is 12.0 Å². The average molecular weight is 368 g/mol. The van der Waals surface area contributed by atoms with Crippen LogP contribution in [-0.2, 0) is 27.3 Å². The first kappa shape index (κ1) is 17.7. The normalized spacial score (nSPS) is 24.9. The lowest BCUT2D eigenvalue weighted by atomic mass is 9.99. The van der Waals surface area contributed by atoms with Crippen molar-refractivity contribution in [1.29, 1.82) is 0 Å². The van der Waals surface area contributed by atoms with E-state index in [2.05, 4.69) is 4.98 Å². The molecule has 3 atom stereocenters. The Balaban J connectivity index is 1.58. The molecule has 0 radical (unpaired) electrons. The fourth-order valence-corrected chi connectivity index (χ4v) is 4.10. The topological polar surface area (TPSA) is 67.7 Å². The zero-order chi connectivity index (χ0) is 18.8. The minimum Gasteiger partial charge on any atom is -0.380 e. The second-order valence-corrected chi connectivity index (χ2v) is 7.22. The van der Waals surface area contributed by atoms with E-state index in [0.717, 1.165) is 12.0 Å². The van der Waals surface area contributed by atoms with Gasteiger partial charge in [-0.2, -0.15) is 0 Å². The Hall–Kier alpha value is -2.67. The fourth-order valence-electron chi connectivity index (χ4n) is 4.10. The Morgan fingerprint density at radius 2 is 2.07 bits per heavy atom. The van der Waals surface area contributed by atoms with Crippen molar-refractivity contribution in [3.63, 3.8) is 0 Å². The zero-order valence-electron chi connectivity index (χ0n) is 15.4. The number of hydrogen-bond donors (Lipinski definition) is 0. The van der Waals surface area contributed by atoms with Gasteiger partial charge in [0.15, 0.2) is 0 Å². The molecule has 2 saturated heterocycles. The van der Waals surface area contributed by atoms with E-state index in [1.165, 1.54) is 0 Å². The molecule has 0 N–H and O–H groups in total. The third-order valence-corrected chi connectivity index (χ3v) is 5.53. The van der Waals surface area contributed by atoms with Gasteiger partial charge in [-0.05, 0) is 12.0 Å². The predicted molar refractivity (Wildman–Crippen MR) is 98.8 cm³/mol.